The summed E-state index contributed by atoms with van der Waals surface area (Å²) in [5, 5.41) is 35.3. The highest BCUT2D eigenvalue weighted by atomic mass is 19.1. The van der Waals surface area contributed by atoms with Gasteiger partial charge in [0.25, 0.3) is 0 Å². The van der Waals surface area contributed by atoms with Crippen molar-refractivity contribution in [3.63, 3.8) is 0 Å². The number of carbonyl (C=O) groups is 2. The molecule has 7 rings (SSSR count). The zero-order valence-corrected chi connectivity index (χ0v) is 19.9. The highest BCUT2D eigenvalue weighted by molar-refractivity contribution is 6.05. The van der Waals surface area contributed by atoms with Crippen LogP contribution in [-0.4, -0.2) is 57.8 Å². The van der Waals surface area contributed by atoms with Gasteiger partial charge < -0.3 is 24.8 Å². The molecule has 1 aromatic rings. The molecular weight excluding hydrogens is 455 g/mol. The van der Waals surface area contributed by atoms with Gasteiger partial charge in [0.15, 0.2) is 5.78 Å². The smallest absolute Gasteiger partial charge is 0.338 e. The van der Waals surface area contributed by atoms with Gasteiger partial charge in [0.05, 0.1) is 18.3 Å². The predicted octanol–water partition coefficient (Wildman–Crippen LogP) is 2.38. The molecule has 188 valence electrons. The average Bonchev–Trinajstić information content (AvgIpc) is 2.93. The largest absolute Gasteiger partial charge is 0.457 e. The molecule has 4 aliphatic carbocycles. The molecule has 7 nitrogen and oxygen atoms in total. The van der Waals surface area contributed by atoms with Crippen LogP contribution in [0.1, 0.15) is 49.9 Å². The first kappa shape index (κ1) is 23.3. The lowest BCUT2D eigenvalue weighted by molar-refractivity contribution is -0.457. The molecule has 0 aromatic heterocycles. The minimum atomic E-state index is -2.30. The molecule has 2 saturated heterocycles. The molecule has 2 heterocycles. The minimum absolute atomic E-state index is 0.00525. The van der Waals surface area contributed by atoms with Crippen molar-refractivity contribution in [2.24, 2.45) is 34.0 Å². The topological polar surface area (TPSA) is 113 Å². The maximum absolute atomic E-state index is 14.0. The summed E-state index contributed by atoms with van der Waals surface area (Å²) in [6.07, 6.45) is -1.34. The Labute approximate surface area is 202 Å². The van der Waals surface area contributed by atoms with E-state index < -0.39 is 75.7 Å². The van der Waals surface area contributed by atoms with E-state index in [1.165, 1.54) is 12.1 Å². The Morgan fingerprint density at radius 2 is 1.86 bits per heavy atom. The Morgan fingerprint density at radius 3 is 2.54 bits per heavy atom. The second-order valence-electron chi connectivity index (χ2n) is 11.9. The molecular formula is C27H31FO7. The van der Waals surface area contributed by atoms with Crippen LogP contribution in [0.4, 0.5) is 4.39 Å². The van der Waals surface area contributed by atoms with Crippen LogP contribution in [0.2, 0.25) is 0 Å². The first-order valence-corrected chi connectivity index (χ1v) is 12.4. The molecule has 6 fully saturated rings. The Hall–Kier alpha value is -2.13. The Bertz CT molecular complexity index is 1130. The number of Topliss-reactive ketones (excluding diaryl/α,β-unsaturated/α-hetero) is 1. The lowest BCUT2D eigenvalue weighted by atomic mass is 9.35. The first-order valence-electron chi connectivity index (χ1n) is 12.4. The van der Waals surface area contributed by atoms with E-state index in [9.17, 15) is 29.3 Å². The van der Waals surface area contributed by atoms with Gasteiger partial charge in [-0.15, -0.1) is 0 Å². The van der Waals surface area contributed by atoms with Gasteiger partial charge in [-0.05, 0) is 66.9 Å². The van der Waals surface area contributed by atoms with Crippen LogP contribution in [0.5, 0.6) is 0 Å². The van der Waals surface area contributed by atoms with Gasteiger partial charge in [0.2, 0.25) is 5.79 Å². The van der Waals surface area contributed by atoms with Crippen molar-refractivity contribution in [2.75, 3.05) is 6.61 Å². The maximum atomic E-state index is 14.0. The van der Waals surface area contributed by atoms with Crippen molar-refractivity contribution < 1.29 is 38.8 Å². The highest BCUT2D eigenvalue weighted by Crippen LogP contribution is 2.76. The van der Waals surface area contributed by atoms with Crippen molar-refractivity contribution >= 4 is 11.8 Å². The molecule has 35 heavy (non-hydrogen) atoms. The van der Waals surface area contributed by atoms with E-state index in [0.29, 0.717) is 25.7 Å². The number of aliphatic hydroxyl groups is 3. The van der Waals surface area contributed by atoms with Crippen molar-refractivity contribution in [1.82, 2.24) is 0 Å². The summed E-state index contributed by atoms with van der Waals surface area (Å²) in [6.45, 7) is 8.02. The number of aliphatic hydroxyl groups excluding tert-OH is 2. The average molecular weight is 487 g/mol. The van der Waals surface area contributed by atoms with E-state index in [0.717, 1.165) is 12.1 Å². The van der Waals surface area contributed by atoms with E-state index in [1.54, 1.807) is 0 Å². The van der Waals surface area contributed by atoms with Crippen LogP contribution in [-0.2, 0) is 14.3 Å². The Balaban J connectivity index is 1.52. The molecule has 4 saturated carbocycles. The second kappa shape index (κ2) is 7.00. The van der Waals surface area contributed by atoms with Gasteiger partial charge in [0.1, 0.15) is 23.4 Å². The molecule has 4 bridgehead atoms. The van der Waals surface area contributed by atoms with E-state index in [-0.39, 0.29) is 17.7 Å². The summed E-state index contributed by atoms with van der Waals surface area (Å²) in [4.78, 5) is 27.2. The number of ketones is 1. The SMILES string of the molecule is C=C1C(=O)[C@]23[C@H](OC(=O)c4ccc(F)cc4)[C@H]1CC[C@H]2[C@@]12CO[C@]3(O)[C@@H](O)[C@@H]1C(C)(C)CC[C@@H]2O. The highest BCUT2D eigenvalue weighted by Gasteiger charge is 2.87. The van der Waals surface area contributed by atoms with Gasteiger partial charge in [-0.1, -0.05) is 20.4 Å². The molecule has 2 spiro atoms. The van der Waals surface area contributed by atoms with Crippen molar-refractivity contribution in [2.45, 2.75) is 63.6 Å². The number of esters is 1. The fraction of sp³-hybridized carbons (Fsp3) is 0.630. The summed E-state index contributed by atoms with van der Waals surface area (Å²) in [5.41, 5.74) is -2.86. The van der Waals surface area contributed by atoms with Gasteiger partial charge in [-0.3, -0.25) is 4.79 Å². The number of rotatable bonds is 2. The lowest BCUT2D eigenvalue weighted by Crippen LogP contribution is -2.85. The minimum Gasteiger partial charge on any atom is -0.457 e. The fourth-order valence-corrected chi connectivity index (χ4v) is 8.81. The summed E-state index contributed by atoms with van der Waals surface area (Å²) < 4.78 is 25.4. The molecule has 9 atom stereocenters. The van der Waals surface area contributed by atoms with Crippen LogP contribution in [0.15, 0.2) is 36.4 Å². The van der Waals surface area contributed by atoms with E-state index >= 15 is 0 Å². The number of benzene rings is 1. The molecule has 3 N–H and O–H groups in total. The molecule has 6 aliphatic rings. The monoisotopic (exact) mass is 486 g/mol. The summed E-state index contributed by atoms with van der Waals surface area (Å²) in [7, 11) is 0. The number of carbonyl (C=O) groups excluding carboxylic acids is 2. The van der Waals surface area contributed by atoms with Gasteiger partial charge in [-0.25, -0.2) is 9.18 Å². The van der Waals surface area contributed by atoms with Crippen molar-refractivity contribution in [1.29, 1.82) is 0 Å². The molecule has 2 aliphatic heterocycles. The van der Waals surface area contributed by atoms with E-state index in [4.69, 9.17) is 9.47 Å². The summed E-state index contributed by atoms with van der Waals surface area (Å²) in [5.74, 6) is -5.69. The predicted molar refractivity (Wildman–Crippen MR) is 120 cm³/mol. The second-order valence-corrected chi connectivity index (χ2v) is 11.9. The number of ether oxygens (including phenoxy) is 2. The van der Waals surface area contributed by atoms with Crippen LogP contribution in [0.3, 0.4) is 0 Å². The van der Waals surface area contributed by atoms with Gasteiger partial charge in [-0.2, -0.15) is 0 Å². The summed E-state index contributed by atoms with van der Waals surface area (Å²) in [6, 6.07) is 4.88. The van der Waals surface area contributed by atoms with E-state index in [1.807, 2.05) is 13.8 Å². The van der Waals surface area contributed by atoms with Crippen molar-refractivity contribution in [3.8, 4) is 0 Å². The Morgan fingerprint density at radius 1 is 1.17 bits per heavy atom. The van der Waals surface area contributed by atoms with Crippen LogP contribution < -0.4 is 0 Å². The third kappa shape index (κ3) is 2.49. The number of fused-ring (bicyclic) bond motifs is 2. The number of hydrogen-bond donors (Lipinski definition) is 3. The Kier molecular flexibility index (Phi) is 4.66. The van der Waals surface area contributed by atoms with Crippen LogP contribution in [0, 0.1) is 39.8 Å². The molecule has 0 radical (unpaired) electrons. The number of halogens is 1. The van der Waals surface area contributed by atoms with Crippen LogP contribution >= 0.6 is 0 Å². The van der Waals surface area contributed by atoms with Gasteiger partial charge in [0, 0.05) is 17.3 Å². The standard InChI is InChI=1S/C27H31FO7/c1-13-16-8-9-17-25-12-34-27(33,21(31)19(25)24(2,3)11-10-18(25)29)26(17,20(13)30)22(16)35-23(32)14-4-6-15(28)7-5-14/h4-7,16-19,21-22,29,31,33H,1,8-12H2,2-3H3/t16-,17-,18-,19+,21-,22+,25+,26-,27+/m0/s1. The van der Waals surface area contributed by atoms with Crippen molar-refractivity contribution in [3.05, 3.63) is 47.8 Å². The first-order chi connectivity index (χ1) is 16.4. The summed E-state index contributed by atoms with van der Waals surface area (Å²) >= 11 is 0. The maximum Gasteiger partial charge on any atom is 0.338 e. The quantitative estimate of drug-likeness (QED) is 0.435. The molecule has 0 unspecified atom stereocenters. The van der Waals surface area contributed by atoms with E-state index in [2.05, 4.69) is 6.58 Å². The third-order valence-corrected chi connectivity index (χ3v) is 10.2. The zero-order valence-electron chi connectivity index (χ0n) is 19.9. The number of hydrogen-bond acceptors (Lipinski definition) is 7. The molecule has 8 heteroatoms. The zero-order chi connectivity index (χ0) is 25.1. The van der Waals surface area contributed by atoms with Crippen LogP contribution in [0.25, 0.3) is 0 Å². The normalized spacial score (nSPS) is 47.3. The fourth-order valence-electron chi connectivity index (χ4n) is 8.81. The van der Waals surface area contributed by atoms with Gasteiger partial charge >= 0.3 is 5.97 Å². The molecule has 0 amide bonds. The third-order valence-electron chi connectivity index (χ3n) is 10.2. The molecule has 1 aromatic carbocycles. The lowest BCUT2D eigenvalue weighted by Gasteiger charge is -2.74.